The first kappa shape index (κ1) is 12.5. The molecule has 0 amide bonds. The van der Waals surface area contributed by atoms with Gasteiger partial charge in [-0.25, -0.2) is 0 Å². The van der Waals surface area contributed by atoms with Crippen LogP contribution in [0.5, 0.6) is 0 Å². The lowest BCUT2D eigenvalue weighted by molar-refractivity contribution is 0.0468. The maximum atomic E-state index is 8.73. The summed E-state index contributed by atoms with van der Waals surface area (Å²) in [7, 11) is 0. The van der Waals surface area contributed by atoms with Gasteiger partial charge in [0, 0.05) is 12.0 Å². The number of likely N-dealkylation sites (tertiary alicyclic amines) is 1. The van der Waals surface area contributed by atoms with Crippen molar-refractivity contribution in [3.63, 3.8) is 0 Å². The monoisotopic (exact) mass is 208 g/mol. The van der Waals surface area contributed by atoms with E-state index in [-0.39, 0.29) is 0 Å². The Hall–Kier alpha value is -0.550. The lowest BCUT2D eigenvalue weighted by Crippen LogP contribution is -2.50. The van der Waals surface area contributed by atoms with Crippen LogP contribution in [-0.2, 0) is 0 Å². The Morgan fingerprint density at radius 1 is 1.47 bits per heavy atom. The number of unbranched alkanes of at least 4 members (excludes halogenated alkanes) is 1. The molecule has 1 aliphatic heterocycles. The van der Waals surface area contributed by atoms with Crippen molar-refractivity contribution in [2.75, 3.05) is 13.1 Å². The Balaban J connectivity index is 2.47. The molecule has 15 heavy (non-hydrogen) atoms. The van der Waals surface area contributed by atoms with Gasteiger partial charge in [-0.2, -0.15) is 5.26 Å². The van der Waals surface area contributed by atoms with E-state index in [1.807, 2.05) is 0 Å². The molecule has 2 nitrogen and oxygen atoms in total. The first-order chi connectivity index (χ1) is 7.10. The Morgan fingerprint density at radius 2 is 2.20 bits per heavy atom. The van der Waals surface area contributed by atoms with Crippen LogP contribution in [0.4, 0.5) is 0 Å². The first-order valence-electron chi connectivity index (χ1n) is 6.22. The van der Waals surface area contributed by atoms with Crippen molar-refractivity contribution < 1.29 is 0 Å². The SMILES string of the molecule is CCCCN1CCC(CC#N)CC1(C)C. The fourth-order valence-corrected chi connectivity index (χ4v) is 2.65. The van der Waals surface area contributed by atoms with Crippen molar-refractivity contribution in [2.45, 2.75) is 58.4 Å². The summed E-state index contributed by atoms with van der Waals surface area (Å²) in [5.41, 5.74) is 0.301. The lowest BCUT2D eigenvalue weighted by atomic mass is 9.81. The molecule has 0 aromatic carbocycles. The van der Waals surface area contributed by atoms with Crippen LogP contribution in [-0.4, -0.2) is 23.5 Å². The molecule has 1 fully saturated rings. The van der Waals surface area contributed by atoms with Gasteiger partial charge in [-0.3, -0.25) is 4.90 Å². The molecule has 1 atom stereocenters. The zero-order chi connectivity index (χ0) is 11.3. The molecule has 1 heterocycles. The van der Waals surface area contributed by atoms with Crippen LogP contribution in [0.15, 0.2) is 0 Å². The van der Waals surface area contributed by atoms with Gasteiger partial charge in [-0.1, -0.05) is 13.3 Å². The van der Waals surface area contributed by atoms with E-state index < -0.39 is 0 Å². The topological polar surface area (TPSA) is 27.0 Å². The number of nitriles is 1. The molecule has 0 radical (unpaired) electrons. The third-order valence-electron chi connectivity index (χ3n) is 3.61. The van der Waals surface area contributed by atoms with Gasteiger partial charge in [-0.05, 0) is 52.1 Å². The average Bonchev–Trinajstić information content (AvgIpc) is 2.16. The maximum absolute atomic E-state index is 8.73. The van der Waals surface area contributed by atoms with Crippen LogP contribution in [0, 0.1) is 17.2 Å². The van der Waals surface area contributed by atoms with Crippen LogP contribution < -0.4 is 0 Å². The van der Waals surface area contributed by atoms with E-state index in [0.29, 0.717) is 11.5 Å². The quantitative estimate of drug-likeness (QED) is 0.709. The zero-order valence-electron chi connectivity index (χ0n) is 10.4. The van der Waals surface area contributed by atoms with Crippen LogP contribution in [0.2, 0.25) is 0 Å². The molecule has 0 N–H and O–H groups in total. The van der Waals surface area contributed by atoms with E-state index in [0.717, 1.165) is 6.42 Å². The molecule has 0 aliphatic carbocycles. The smallest absolute Gasteiger partial charge is 0.0624 e. The number of hydrogen-bond donors (Lipinski definition) is 0. The molecule has 1 rings (SSSR count). The number of nitrogens with zero attached hydrogens (tertiary/aromatic N) is 2. The van der Waals surface area contributed by atoms with Crippen LogP contribution in [0.25, 0.3) is 0 Å². The standard InChI is InChI=1S/C13H24N2/c1-4-5-9-15-10-7-12(6-8-14)11-13(15,2)3/h12H,4-7,9-11H2,1-3H3. The fraction of sp³-hybridized carbons (Fsp3) is 0.923. The molecule has 0 bridgehead atoms. The summed E-state index contributed by atoms with van der Waals surface area (Å²) >= 11 is 0. The second kappa shape index (κ2) is 5.51. The highest BCUT2D eigenvalue weighted by atomic mass is 15.2. The predicted molar refractivity (Wildman–Crippen MR) is 63.5 cm³/mol. The van der Waals surface area contributed by atoms with Gasteiger partial charge in [0.05, 0.1) is 6.07 Å². The maximum Gasteiger partial charge on any atom is 0.0624 e. The highest BCUT2D eigenvalue weighted by Crippen LogP contribution is 2.33. The molecule has 0 spiro atoms. The molecule has 86 valence electrons. The summed E-state index contributed by atoms with van der Waals surface area (Å²) in [6, 6.07) is 2.31. The van der Waals surface area contributed by atoms with Crippen LogP contribution in [0.3, 0.4) is 0 Å². The molecular formula is C13H24N2. The normalized spacial score (nSPS) is 26.1. The molecule has 2 heteroatoms. The van der Waals surface area contributed by atoms with Crippen molar-refractivity contribution in [3.05, 3.63) is 0 Å². The molecule has 0 aromatic rings. The van der Waals surface area contributed by atoms with Crippen LogP contribution in [0.1, 0.15) is 52.9 Å². The Labute approximate surface area is 94.3 Å². The first-order valence-corrected chi connectivity index (χ1v) is 6.22. The summed E-state index contributed by atoms with van der Waals surface area (Å²) in [6.07, 6.45) is 5.70. The second-order valence-corrected chi connectivity index (χ2v) is 5.37. The van der Waals surface area contributed by atoms with E-state index in [4.69, 9.17) is 5.26 Å². The van der Waals surface area contributed by atoms with Crippen molar-refractivity contribution >= 4 is 0 Å². The Bertz CT molecular complexity index is 227. The van der Waals surface area contributed by atoms with E-state index in [1.165, 1.54) is 38.8 Å². The zero-order valence-corrected chi connectivity index (χ0v) is 10.4. The largest absolute Gasteiger partial charge is 0.298 e. The number of piperidine rings is 1. The Kier molecular flexibility index (Phi) is 4.60. The number of hydrogen-bond acceptors (Lipinski definition) is 2. The molecule has 0 aromatic heterocycles. The average molecular weight is 208 g/mol. The highest BCUT2D eigenvalue weighted by Gasteiger charge is 2.33. The van der Waals surface area contributed by atoms with Gasteiger partial charge in [0.1, 0.15) is 0 Å². The summed E-state index contributed by atoms with van der Waals surface area (Å²) in [4.78, 5) is 2.60. The van der Waals surface area contributed by atoms with Crippen molar-refractivity contribution in [1.29, 1.82) is 5.26 Å². The van der Waals surface area contributed by atoms with E-state index in [9.17, 15) is 0 Å². The van der Waals surface area contributed by atoms with Crippen molar-refractivity contribution in [2.24, 2.45) is 5.92 Å². The second-order valence-electron chi connectivity index (χ2n) is 5.37. The number of rotatable bonds is 4. The third-order valence-corrected chi connectivity index (χ3v) is 3.61. The van der Waals surface area contributed by atoms with E-state index in [1.54, 1.807) is 0 Å². The van der Waals surface area contributed by atoms with Gasteiger partial charge < -0.3 is 0 Å². The van der Waals surface area contributed by atoms with Gasteiger partial charge in [-0.15, -0.1) is 0 Å². The fourth-order valence-electron chi connectivity index (χ4n) is 2.65. The summed E-state index contributed by atoms with van der Waals surface area (Å²) in [5.74, 6) is 0.628. The van der Waals surface area contributed by atoms with E-state index >= 15 is 0 Å². The Morgan fingerprint density at radius 3 is 2.73 bits per heavy atom. The molecular weight excluding hydrogens is 184 g/mol. The summed E-state index contributed by atoms with van der Waals surface area (Å²) in [5, 5.41) is 8.73. The highest BCUT2D eigenvalue weighted by molar-refractivity contribution is 4.91. The van der Waals surface area contributed by atoms with Gasteiger partial charge in [0.25, 0.3) is 0 Å². The lowest BCUT2D eigenvalue weighted by Gasteiger charge is -2.45. The molecule has 1 aliphatic rings. The molecule has 1 unspecified atom stereocenters. The minimum atomic E-state index is 0.301. The minimum Gasteiger partial charge on any atom is -0.298 e. The third kappa shape index (κ3) is 3.50. The minimum absolute atomic E-state index is 0.301. The van der Waals surface area contributed by atoms with Gasteiger partial charge in [0.15, 0.2) is 0 Å². The van der Waals surface area contributed by atoms with Crippen molar-refractivity contribution in [1.82, 2.24) is 4.90 Å². The molecule has 0 saturated carbocycles. The van der Waals surface area contributed by atoms with Gasteiger partial charge in [0.2, 0.25) is 0 Å². The summed E-state index contributed by atoms with van der Waals surface area (Å²) < 4.78 is 0. The molecule has 1 saturated heterocycles. The summed E-state index contributed by atoms with van der Waals surface area (Å²) in [6.45, 7) is 9.30. The predicted octanol–water partition coefficient (Wildman–Crippen LogP) is 3.19. The van der Waals surface area contributed by atoms with Gasteiger partial charge >= 0.3 is 0 Å². The van der Waals surface area contributed by atoms with Crippen LogP contribution >= 0.6 is 0 Å². The van der Waals surface area contributed by atoms with Crippen molar-refractivity contribution in [3.8, 4) is 6.07 Å². The van der Waals surface area contributed by atoms with E-state index in [2.05, 4.69) is 31.7 Å².